The molecular formula is C21H15ClNNaO4. The van der Waals surface area contributed by atoms with E-state index in [0.29, 0.717) is 28.4 Å². The van der Waals surface area contributed by atoms with Crippen molar-refractivity contribution in [2.45, 2.75) is 6.54 Å². The van der Waals surface area contributed by atoms with Crippen LogP contribution >= 0.6 is 11.6 Å². The molecule has 2 aromatic carbocycles. The standard InChI is InChI=1S/C21H16ClNO4.Na/c22-16-8-5-14(18(13-16)21(26)27)3-1-11-23-12-2-4-19(23)20(25)15-6-9-17(24)10-7-15;/h1-10,12-13,24H,11H2,(H,26,27);/q;+1/p-1/b3-1+;. The van der Waals surface area contributed by atoms with Gasteiger partial charge in [0.15, 0.2) is 0 Å². The molecule has 7 heteroatoms. The Hall–Kier alpha value is -2.31. The largest absolute Gasteiger partial charge is 1.00 e. The second-order valence-corrected chi connectivity index (χ2v) is 6.28. The van der Waals surface area contributed by atoms with E-state index in [0.717, 1.165) is 0 Å². The number of aromatic nitrogens is 1. The molecule has 0 amide bonds. The van der Waals surface area contributed by atoms with Crippen molar-refractivity contribution in [1.82, 2.24) is 4.57 Å². The number of carboxylic acid groups (broad SMARTS) is 1. The molecule has 0 spiro atoms. The van der Waals surface area contributed by atoms with Gasteiger partial charge in [-0.1, -0.05) is 29.8 Å². The Morgan fingerprint density at radius 3 is 2.50 bits per heavy atom. The van der Waals surface area contributed by atoms with Gasteiger partial charge in [-0.25, -0.2) is 0 Å². The molecule has 0 atom stereocenters. The average Bonchev–Trinajstić information content (AvgIpc) is 3.11. The fraction of sp³-hybridized carbons (Fsp3) is 0.0476. The van der Waals surface area contributed by atoms with E-state index in [9.17, 15) is 19.8 Å². The molecule has 3 rings (SSSR count). The van der Waals surface area contributed by atoms with Crippen molar-refractivity contribution in [2.75, 3.05) is 0 Å². The van der Waals surface area contributed by atoms with E-state index in [2.05, 4.69) is 0 Å². The number of rotatable bonds is 6. The Bertz CT molecular complexity index is 1030. The molecule has 0 radical (unpaired) electrons. The van der Waals surface area contributed by atoms with Gasteiger partial charge < -0.3 is 19.6 Å². The fourth-order valence-electron chi connectivity index (χ4n) is 2.68. The second kappa shape index (κ2) is 9.75. The summed E-state index contributed by atoms with van der Waals surface area (Å²) in [6, 6.07) is 14.0. The monoisotopic (exact) mass is 403 g/mol. The summed E-state index contributed by atoms with van der Waals surface area (Å²) < 4.78 is 1.75. The van der Waals surface area contributed by atoms with Crippen molar-refractivity contribution in [1.29, 1.82) is 0 Å². The Morgan fingerprint density at radius 1 is 1.11 bits per heavy atom. The number of carbonyl (C=O) groups is 2. The predicted molar refractivity (Wildman–Crippen MR) is 101 cm³/mol. The third-order valence-electron chi connectivity index (χ3n) is 4.03. The molecule has 0 aliphatic rings. The summed E-state index contributed by atoms with van der Waals surface area (Å²) in [5.41, 5.74) is 1.43. The van der Waals surface area contributed by atoms with Gasteiger partial charge in [0.2, 0.25) is 5.78 Å². The molecule has 1 N–H and O–H groups in total. The van der Waals surface area contributed by atoms with Gasteiger partial charge in [-0.2, -0.15) is 0 Å². The number of aromatic carboxylic acids is 1. The first-order chi connectivity index (χ1) is 13.0. The van der Waals surface area contributed by atoms with E-state index in [1.165, 1.54) is 18.2 Å². The first-order valence-corrected chi connectivity index (χ1v) is 8.50. The van der Waals surface area contributed by atoms with Gasteiger partial charge in [0, 0.05) is 28.9 Å². The molecule has 0 saturated carbocycles. The van der Waals surface area contributed by atoms with Crippen LogP contribution in [0.25, 0.3) is 6.08 Å². The van der Waals surface area contributed by atoms with Crippen LogP contribution in [0.4, 0.5) is 0 Å². The third-order valence-corrected chi connectivity index (χ3v) is 4.26. The number of carboxylic acids is 1. The van der Waals surface area contributed by atoms with Gasteiger partial charge in [-0.05, 0) is 54.1 Å². The van der Waals surface area contributed by atoms with E-state index in [-0.39, 0.29) is 46.7 Å². The van der Waals surface area contributed by atoms with Gasteiger partial charge in [-0.15, -0.1) is 0 Å². The van der Waals surface area contributed by atoms with E-state index >= 15 is 0 Å². The number of halogens is 1. The SMILES string of the molecule is O=C([O-])c1cc(Cl)ccc1/C=C/Cn1cccc1C(=O)c1ccc(O)cc1.[Na+]. The summed E-state index contributed by atoms with van der Waals surface area (Å²) in [5.74, 6) is -1.38. The minimum absolute atomic E-state index is 0. The maximum Gasteiger partial charge on any atom is 1.00 e. The van der Waals surface area contributed by atoms with Crippen LogP contribution in [0.1, 0.15) is 32.0 Å². The van der Waals surface area contributed by atoms with Gasteiger partial charge in [0.25, 0.3) is 0 Å². The summed E-state index contributed by atoms with van der Waals surface area (Å²) in [6.45, 7) is 0.376. The van der Waals surface area contributed by atoms with Gasteiger partial charge in [-0.3, -0.25) is 4.79 Å². The van der Waals surface area contributed by atoms with Crippen LogP contribution in [0.5, 0.6) is 5.75 Å². The van der Waals surface area contributed by atoms with Crippen molar-refractivity contribution >= 4 is 29.4 Å². The van der Waals surface area contributed by atoms with Crippen LogP contribution in [0.2, 0.25) is 5.02 Å². The maximum absolute atomic E-state index is 12.6. The minimum Gasteiger partial charge on any atom is -0.545 e. The van der Waals surface area contributed by atoms with Crippen molar-refractivity contribution in [3.63, 3.8) is 0 Å². The number of carbonyl (C=O) groups excluding carboxylic acids is 2. The summed E-state index contributed by atoms with van der Waals surface area (Å²) >= 11 is 5.83. The third kappa shape index (κ3) is 5.14. The zero-order chi connectivity index (χ0) is 19.4. The van der Waals surface area contributed by atoms with E-state index in [1.54, 1.807) is 59.3 Å². The molecule has 0 saturated heterocycles. The van der Waals surface area contributed by atoms with Crippen LogP contribution in [0.15, 0.2) is 66.9 Å². The number of nitrogens with zero attached hydrogens (tertiary/aromatic N) is 1. The number of aromatic hydroxyl groups is 1. The zero-order valence-electron chi connectivity index (χ0n) is 15.1. The first kappa shape index (κ1) is 22.0. The van der Waals surface area contributed by atoms with Crippen molar-refractivity contribution in [3.8, 4) is 5.75 Å². The molecule has 0 aliphatic carbocycles. The molecule has 28 heavy (non-hydrogen) atoms. The Morgan fingerprint density at radius 2 is 1.82 bits per heavy atom. The van der Waals surface area contributed by atoms with Gasteiger partial charge in [0.1, 0.15) is 5.75 Å². The number of allylic oxidation sites excluding steroid dienone is 1. The number of hydrogen-bond donors (Lipinski definition) is 1. The van der Waals surface area contributed by atoms with E-state index < -0.39 is 5.97 Å². The predicted octanol–water partition coefficient (Wildman–Crippen LogP) is 0.159. The van der Waals surface area contributed by atoms with E-state index in [4.69, 9.17) is 11.6 Å². The number of hydrogen-bond acceptors (Lipinski definition) is 4. The number of ketones is 1. The molecule has 1 heterocycles. The summed E-state index contributed by atoms with van der Waals surface area (Å²) in [6.07, 6.45) is 5.17. The fourth-order valence-corrected chi connectivity index (χ4v) is 2.86. The molecule has 5 nitrogen and oxygen atoms in total. The molecular weight excluding hydrogens is 389 g/mol. The van der Waals surface area contributed by atoms with Gasteiger partial charge in [0.05, 0.1) is 11.7 Å². The molecule has 0 unspecified atom stereocenters. The Labute approximate surface area is 189 Å². The number of benzene rings is 2. The molecule has 0 bridgehead atoms. The summed E-state index contributed by atoms with van der Waals surface area (Å²) in [4.78, 5) is 23.8. The second-order valence-electron chi connectivity index (χ2n) is 5.84. The van der Waals surface area contributed by atoms with E-state index in [1.807, 2.05) is 0 Å². The van der Waals surface area contributed by atoms with Gasteiger partial charge >= 0.3 is 29.6 Å². The van der Waals surface area contributed by atoms with Crippen LogP contribution in [-0.4, -0.2) is 21.4 Å². The topological polar surface area (TPSA) is 82.4 Å². The maximum atomic E-state index is 12.6. The van der Waals surface area contributed by atoms with Crippen molar-refractivity contribution < 1.29 is 49.4 Å². The summed E-state index contributed by atoms with van der Waals surface area (Å²) in [5, 5.41) is 20.9. The smallest absolute Gasteiger partial charge is 0.545 e. The minimum atomic E-state index is -1.30. The van der Waals surface area contributed by atoms with Crippen LogP contribution in [-0.2, 0) is 6.54 Å². The normalized spacial score (nSPS) is 10.6. The average molecular weight is 404 g/mol. The summed E-state index contributed by atoms with van der Waals surface area (Å²) in [7, 11) is 0. The van der Waals surface area contributed by atoms with Crippen LogP contribution < -0.4 is 34.7 Å². The molecule has 136 valence electrons. The molecule has 3 aromatic rings. The number of phenols is 1. The Kier molecular flexibility index (Phi) is 7.66. The molecule has 0 fully saturated rings. The van der Waals surface area contributed by atoms with Crippen LogP contribution in [0.3, 0.4) is 0 Å². The number of phenolic OH excluding ortho intramolecular Hbond substituents is 1. The van der Waals surface area contributed by atoms with Crippen molar-refractivity contribution in [3.05, 3.63) is 94.3 Å². The zero-order valence-corrected chi connectivity index (χ0v) is 17.9. The van der Waals surface area contributed by atoms with Crippen molar-refractivity contribution in [2.24, 2.45) is 0 Å². The Balaban J connectivity index is 0.00000280. The van der Waals surface area contributed by atoms with Crippen LogP contribution in [0, 0.1) is 0 Å². The molecule has 0 aliphatic heterocycles. The molecule has 1 aromatic heterocycles. The first-order valence-electron chi connectivity index (χ1n) is 8.12. The quantitative estimate of drug-likeness (QED) is 0.469.